The smallest absolute Gasteiger partial charge is 0.191 e. The van der Waals surface area contributed by atoms with E-state index in [1.807, 2.05) is 31.2 Å². The lowest BCUT2D eigenvalue weighted by molar-refractivity contribution is -0.120. The normalized spacial score (nSPS) is 19.4. The second-order valence-electron chi connectivity index (χ2n) is 6.34. The molecule has 0 amide bonds. The van der Waals surface area contributed by atoms with Crippen molar-refractivity contribution in [3.05, 3.63) is 29.8 Å². The van der Waals surface area contributed by atoms with E-state index >= 15 is 0 Å². The lowest BCUT2D eigenvalue weighted by Crippen LogP contribution is -2.32. The maximum Gasteiger partial charge on any atom is 0.191 e. The van der Waals surface area contributed by atoms with Gasteiger partial charge in [-0.1, -0.05) is 31.5 Å². The standard InChI is InChI=1S/C16H21N3OS/c1-11-4-6-12(7-5-11)17-15(21)19-18-13-8-14(20)10-16(2,3)9-13/h4-7H,8-10H2,1-3H3,(H2,17,19,21)/b18-13-. The molecule has 0 spiro atoms. The van der Waals surface area contributed by atoms with Crippen molar-refractivity contribution < 1.29 is 4.79 Å². The van der Waals surface area contributed by atoms with Gasteiger partial charge in [0.15, 0.2) is 5.11 Å². The van der Waals surface area contributed by atoms with Crippen molar-refractivity contribution in [1.82, 2.24) is 5.43 Å². The van der Waals surface area contributed by atoms with Crippen LogP contribution in [-0.2, 0) is 4.79 Å². The average molecular weight is 303 g/mol. The van der Waals surface area contributed by atoms with Crippen LogP contribution in [0.2, 0.25) is 0 Å². The predicted octanol–water partition coefficient (Wildman–Crippen LogP) is 3.42. The molecule has 21 heavy (non-hydrogen) atoms. The van der Waals surface area contributed by atoms with Crippen molar-refractivity contribution in [1.29, 1.82) is 0 Å². The van der Waals surface area contributed by atoms with E-state index in [4.69, 9.17) is 12.2 Å². The first-order chi connectivity index (χ1) is 9.84. The molecule has 1 aliphatic rings. The highest BCUT2D eigenvalue weighted by Crippen LogP contribution is 2.31. The molecule has 0 saturated heterocycles. The Hall–Kier alpha value is -1.75. The number of nitrogens with one attached hydrogen (secondary N) is 2. The van der Waals surface area contributed by atoms with Crippen LogP contribution < -0.4 is 10.7 Å². The zero-order chi connectivity index (χ0) is 15.5. The van der Waals surface area contributed by atoms with Gasteiger partial charge in [-0.3, -0.25) is 10.2 Å². The third-order valence-electron chi connectivity index (χ3n) is 3.38. The van der Waals surface area contributed by atoms with Gasteiger partial charge in [-0.05, 0) is 43.1 Å². The summed E-state index contributed by atoms with van der Waals surface area (Å²) in [5.74, 6) is 0.240. The number of carbonyl (C=O) groups excluding carboxylic acids is 1. The summed E-state index contributed by atoms with van der Waals surface area (Å²) in [6.07, 6.45) is 1.86. The van der Waals surface area contributed by atoms with Crippen molar-refractivity contribution in [3.8, 4) is 0 Å². The average Bonchev–Trinajstić information content (AvgIpc) is 2.37. The number of hydrazone groups is 1. The Labute approximate surface area is 131 Å². The number of Topliss-reactive ketones (excluding diaryl/α,β-unsaturated/α-hetero) is 1. The van der Waals surface area contributed by atoms with Gasteiger partial charge in [-0.2, -0.15) is 5.10 Å². The van der Waals surface area contributed by atoms with Gasteiger partial charge in [0.2, 0.25) is 0 Å². The fourth-order valence-electron chi connectivity index (χ4n) is 2.51. The van der Waals surface area contributed by atoms with E-state index in [2.05, 4.69) is 29.7 Å². The zero-order valence-corrected chi connectivity index (χ0v) is 13.5. The van der Waals surface area contributed by atoms with Gasteiger partial charge >= 0.3 is 0 Å². The maximum atomic E-state index is 11.7. The molecular formula is C16H21N3OS. The van der Waals surface area contributed by atoms with Crippen LogP contribution in [0.15, 0.2) is 29.4 Å². The lowest BCUT2D eigenvalue weighted by Gasteiger charge is -2.29. The topological polar surface area (TPSA) is 53.5 Å². The Morgan fingerprint density at radius 3 is 2.52 bits per heavy atom. The van der Waals surface area contributed by atoms with E-state index in [1.165, 1.54) is 5.56 Å². The number of nitrogens with zero attached hydrogens (tertiary/aromatic N) is 1. The molecule has 1 aromatic rings. The first kappa shape index (κ1) is 15.6. The van der Waals surface area contributed by atoms with Crippen LogP contribution in [0.4, 0.5) is 5.69 Å². The molecule has 5 heteroatoms. The monoisotopic (exact) mass is 303 g/mol. The number of aryl methyl sites for hydroxylation is 1. The van der Waals surface area contributed by atoms with Crippen LogP contribution in [-0.4, -0.2) is 16.6 Å². The maximum absolute atomic E-state index is 11.7. The van der Waals surface area contributed by atoms with Crippen molar-refractivity contribution in [2.75, 3.05) is 5.32 Å². The quantitative estimate of drug-likeness (QED) is 0.649. The Kier molecular flexibility index (Phi) is 4.73. The molecule has 0 heterocycles. The molecule has 4 nitrogen and oxygen atoms in total. The van der Waals surface area contributed by atoms with E-state index in [0.717, 1.165) is 17.8 Å². The summed E-state index contributed by atoms with van der Waals surface area (Å²) in [7, 11) is 0. The van der Waals surface area contributed by atoms with Crippen molar-refractivity contribution in [3.63, 3.8) is 0 Å². The number of thiocarbonyl (C=S) groups is 1. The molecule has 0 aromatic heterocycles. The highest BCUT2D eigenvalue weighted by Gasteiger charge is 2.30. The molecular weight excluding hydrogens is 282 g/mol. The van der Waals surface area contributed by atoms with E-state index < -0.39 is 0 Å². The summed E-state index contributed by atoms with van der Waals surface area (Å²) in [5, 5.41) is 7.79. The summed E-state index contributed by atoms with van der Waals surface area (Å²) in [6, 6.07) is 7.95. The highest BCUT2D eigenvalue weighted by molar-refractivity contribution is 7.80. The van der Waals surface area contributed by atoms with Crippen LogP contribution in [0.1, 0.15) is 38.7 Å². The zero-order valence-electron chi connectivity index (χ0n) is 12.7. The Balaban J connectivity index is 1.92. The van der Waals surface area contributed by atoms with Gasteiger partial charge < -0.3 is 5.32 Å². The second kappa shape index (κ2) is 6.35. The Morgan fingerprint density at radius 2 is 1.90 bits per heavy atom. The van der Waals surface area contributed by atoms with Gasteiger partial charge in [-0.15, -0.1) is 0 Å². The molecule has 1 saturated carbocycles. The van der Waals surface area contributed by atoms with Crippen molar-refractivity contribution in [2.24, 2.45) is 10.5 Å². The molecule has 1 aromatic carbocycles. The minimum atomic E-state index is -0.0121. The summed E-state index contributed by atoms with van der Waals surface area (Å²) in [6.45, 7) is 6.21. The van der Waals surface area contributed by atoms with Crippen molar-refractivity contribution >= 4 is 34.5 Å². The third-order valence-corrected chi connectivity index (χ3v) is 3.58. The molecule has 2 rings (SSSR count). The molecule has 0 radical (unpaired) electrons. The minimum absolute atomic E-state index is 0.0121. The van der Waals surface area contributed by atoms with Gasteiger partial charge in [0, 0.05) is 24.2 Å². The number of carbonyl (C=O) groups is 1. The number of ketones is 1. The van der Waals surface area contributed by atoms with E-state index in [-0.39, 0.29) is 11.2 Å². The van der Waals surface area contributed by atoms with Crippen LogP contribution in [0, 0.1) is 12.3 Å². The Morgan fingerprint density at radius 1 is 1.24 bits per heavy atom. The fraction of sp³-hybridized carbons (Fsp3) is 0.438. The van der Waals surface area contributed by atoms with Crippen LogP contribution in [0.3, 0.4) is 0 Å². The lowest BCUT2D eigenvalue weighted by atomic mass is 9.76. The molecule has 112 valence electrons. The molecule has 1 fully saturated rings. The van der Waals surface area contributed by atoms with E-state index in [0.29, 0.717) is 18.0 Å². The summed E-state index contributed by atoms with van der Waals surface area (Å²) in [4.78, 5) is 11.7. The van der Waals surface area contributed by atoms with Crippen molar-refractivity contribution in [2.45, 2.75) is 40.0 Å². The predicted molar refractivity (Wildman–Crippen MR) is 90.6 cm³/mol. The summed E-state index contributed by atoms with van der Waals surface area (Å²) in [5.41, 5.74) is 5.79. The number of hydrogen-bond acceptors (Lipinski definition) is 3. The molecule has 0 atom stereocenters. The number of benzene rings is 1. The first-order valence-corrected chi connectivity index (χ1v) is 7.46. The molecule has 0 aliphatic heterocycles. The van der Waals surface area contributed by atoms with Gasteiger partial charge in [0.05, 0.1) is 0 Å². The van der Waals surface area contributed by atoms with Crippen LogP contribution in [0.25, 0.3) is 0 Å². The van der Waals surface area contributed by atoms with E-state index in [1.54, 1.807) is 0 Å². The number of anilines is 1. The molecule has 0 bridgehead atoms. The molecule has 0 unspecified atom stereocenters. The minimum Gasteiger partial charge on any atom is -0.331 e. The highest BCUT2D eigenvalue weighted by atomic mass is 32.1. The Bertz CT molecular complexity index is 576. The summed E-state index contributed by atoms with van der Waals surface area (Å²) >= 11 is 5.21. The molecule has 1 aliphatic carbocycles. The van der Waals surface area contributed by atoms with Gasteiger partial charge in [0.1, 0.15) is 5.78 Å². The second-order valence-corrected chi connectivity index (χ2v) is 6.75. The SMILES string of the molecule is Cc1ccc(NC(=S)N/N=C2/CC(=O)CC(C)(C)C2)cc1. The number of rotatable bonds is 2. The fourth-order valence-corrected chi connectivity index (χ4v) is 2.67. The third kappa shape index (κ3) is 4.93. The summed E-state index contributed by atoms with van der Waals surface area (Å²) < 4.78 is 0. The van der Waals surface area contributed by atoms with Crippen LogP contribution in [0.5, 0.6) is 0 Å². The molecule has 2 N–H and O–H groups in total. The van der Waals surface area contributed by atoms with Gasteiger partial charge in [0.25, 0.3) is 0 Å². The number of hydrogen-bond donors (Lipinski definition) is 2. The first-order valence-electron chi connectivity index (χ1n) is 7.05. The van der Waals surface area contributed by atoms with E-state index in [9.17, 15) is 4.79 Å². The largest absolute Gasteiger partial charge is 0.331 e. The van der Waals surface area contributed by atoms with Gasteiger partial charge in [-0.25, -0.2) is 0 Å². The van der Waals surface area contributed by atoms with Crippen LogP contribution >= 0.6 is 12.2 Å².